The Morgan fingerprint density at radius 2 is 1.57 bits per heavy atom. The predicted molar refractivity (Wildman–Crippen MR) is 147 cm³/mol. The van der Waals surface area contributed by atoms with Gasteiger partial charge in [0.2, 0.25) is 5.89 Å². The SMILES string of the molecule is Cc1nc(-c2ccccc2)oc1-c1c2n(c3ccccc13)-c1ccc(B3OC(C)(C)C(C)(C)O3)cc1C2. The molecule has 2 aromatic heterocycles. The second kappa shape index (κ2) is 7.70. The highest BCUT2D eigenvalue weighted by molar-refractivity contribution is 6.62. The van der Waals surface area contributed by atoms with E-state index in [9.17, 15) is 0 Å². The molecule has 3 aromatic carbocycles. The summed E-state index contributed by atoms with van der Waals surface area (Å²) in [5.41, 5.74) is 8.16. The van der Waals surface area contributed by atoms with Crippen molar-refractivity contribution in [2.75, 3.05) is 0 Å². The van der Waals surface area contributed by atoms with Gasteiger partial charge in [0.15, 0.2) is 5.76 Å². The third-order valence-electron chi connectivity index (χ3n) is 8.24. The summed E-state index contributed by atoms with van der Waals surface area (Å²) in [5.74, 6) is 1.48. The summed E-state index contributed by atoms with van der Waals surface area (Å²) in [4.78, 5) is 4.80. The zero-order chi connectivity index (χ0) is 25.5. The Hall–Kier alpha value is -3.61. The fourth-order valence-electron chi connectivity index (χ4n) is 5.59. The molecule has 0 amide bonds. The van der Waals surface area contributed by atoms with Crippen LogP contribution in [0.3, 0.4) is 0 Å². The van der Waals surface area contributed by atoms with Crippen LogP contribution in [0, 0.1) is 6.92 Å². The van der Waals surface area contributed by atoms with Crippen LogP contribution in [0.5, 0.6) is 0 Å². The summed E-state index contributed by atoms with van der Waals surface area (Å²) in [6.45, 7) is 10.4. The largest absolute Gasteiger partial charge is 0.494 e. The third-order valence-corrected chi connectivity index (χ3v) is 8.24. The van der Waals surface area contributed by atoms with Gasteiger partial charge >= 0.3 is 7.12 Å². The molecule has 0 bridgehead atoms. The van der Waals surface area contributed by atoms with Crippen molar-refractivity contribution in [1.29, 1.82) is 0 Å². The lowest BCUT2D eigenvalue weighted by molar-refractivity contribution is 0.00578. The molecule has 37 heavy (non-hydrogen) atoms. The van der Waals surface area contributed by atoms with Gasteiger partial charge in [0, 0.05) is 34.3 Å². The van der Waals surface area contributed by atoms with Gasteiger partial charge in [0.25, 0.3) is 0 Å². The Balaban J connectivity index is 1.35. The number of aromatic nitrogens is 2. The fraction of sp³-hybridized carbons (Fsp3) is 0.258. The van der Waals surface area contributed by atoms with Gasteiger partial charge in [-0.2, -0.15) is 0 Å². The van der Waals surface area contributed by atoms with Gasteiger partial charge in [-0.1, -0.05) is 48.5 Å². The Morgan fingerprint density at radius 1 is 0.865 bits per heavy atom. The summed E-state index contributed by atoms with van der Waals surface area (Å²) in [5, 5.41) is 1.18. The zero-order valence-electron chi connectivity index (χ0n) is 21.8. The Bertz CT molecular complexity index is 1660. The number of fused-ring (bicyclic) bond motifs is 5. The van der Waals surface area contributed by atoms with Crippen molar-refractivity contribution in [3.05, 3.63) is 89.7 Å². The first-order valence-electron chi connectivity index (χ1n) is 12.9. The number of para-hydroxylation sites is 1. The summed E-state index contributed by atoms with van der Waals surface area (Å²) in [7, 11) is -0.378. The molecule has 1 saturated heterocycles. The number of hydrogen-bond donors (Lipinski definition) is 0. The highest BCUT2D eigenvalue weighted by Crippen LogP contribution is 2.44. The topological polar surface area (TPSA) is 49.4 Å². The van der Waals surface area contributed by atoms with Gasteiger partial charge in [-0.25, -0.2) is 4.98 Å². The van der Waals surface area contributed by atoms with E-state index in [1.807, 2.05) is 37.3 Å². The highest BCUT2D eigenvalue weighted by Gasteiger charge is 2.51. The first-order valence-corrected chi connectivity index (χ1v) is 12.9. The van der Waals surface area contributed by atoms with E-state index in [1.54, 1.807) is 0 Å². The van der Waals surface area contributed by atoms with E-state index < -0.39 is 0 Å². The fourth-order valence-corrected chi connectivity index (χ4v) is 5.59. The van der Waals surface area contributed by atoms with Crippen LogP contribution in [0.25, 0.3) is 39.4 Å². The number of hydrogen-bond acceptors (Lipinski definition) is 4. The maximum Gasteiger partial charge on any atom is 0.494 e. The van der Waals surface area contributed by atoms with E-state index in [1.165, 1.54) is 27.8 Å². The van der Waals surface area contributed by atoms with Gasteiger partial charge in [-0.3, -0.25) is 0 Å². The lowest BCUT2D eigenvalue weighted by Crippen LogP contribution is -2.41. The smallest absolute Gasteiger partial charge is 0.436 e. The van der Waals surface area contributed by atoms with E-state index in [0.29, 0.717) is 5.89 Å². The molecule has 7 rings (SSSR count). The predicted octanol–water partition coefficient (Wildman–Crippen LogP) is 6.46. The molecule has 6 heteroatoms. The molecule has 184 valence electrons. The van der Waals surface area contributed by atoms with Crippen LogP contribution in [0.2, 0.25) is 0 Å². The van der Waals surface area contributed by atoms with E-state index in [4.69, 9.17) is 18.7 Å². The van der Waals surface area contributed by atoms with E-state index in [0.717, 1.165) is 34.5 Å². The van der Waals surface area contributed by atoms with E-state index >= 15 is 0 Å². The Labute approximate surface area is 217 Å². The molecule has 0 N–H and O–H groups in total. The van der Waals surface area contributed by atoms with Crippen LogP contribution in [0.15, 0.2) is 77.2 Å². The van der Waals surface area contributed by atoms with Crippen molar-refractivity contribution >= 4 is 23.5 Å². The molecular weight excluding hydrogens is 459 g/mol. The van der Waals surface area contributed by atoms with Crippen LogP contribution < -0.4 is 5.46 Å². The normalized spacial score (nSPS) is 17.4. The second-order valence-electron chi connectivity index (χ2n) is 11.1. The van der Waals surface area contributed by atoms with Gasteiger partial charge in [-0.05, 0) is 69.9 Å². The minimum absolute atomic E-state index is 0.369. The number of benzene rings is 3. The van der Waals surface area contributed by atoms with Gasteiger partial charge in [0.05, 0.1) is 22.4 Å². The van der Waals surface area contributed by atoms with Crippen molar-refractivity contribution in [1.82, 2.24) is 9.55 Å². The maximum atomic E-state index is 6.46. The molecule has 1 fully saturated rings. The molecule has 0 aliphatic carbocycles. The summed E-state index contributed by atoms with van der Waals surface area (Å²) in [6.07, 6.45) is 0.799. The van der Waals surface area contributed by atoms with Crippen molar-refractivity contribution in [2.45, 2.75) is 52.2 Å². The molecule has 0 saturated carbocycles. The average Bonchev–Trinajstić information content (AvgIpc) is 3.58. The molecule has 0 unspecified atom stereocenters. The maximum absolute atomic E-state index is 6.46. The van der Waals surface area contributed by atoms with Crippen molar-refractivity contribution in [3.8, 4) is 28.5 Å². The zero-order valence-corrected chi connectivity index (χ0v) is 21.8. The van der Waals surface area contributed by atoms with Crippen molar-refractivity contribution in [3.63, 3.8) is 0 Å². The molecule has 2 aliphatic heterocycles. The molecule has 4 heterocycles. The summed E-state index contributed by atoms with van der Waals surface area (Å²) >= 11 is 0. The molecular formula is C31H29BN2O3. The van der Waals surface area contributed by atoms with Crippen LogP contribution in [-0.4, -0.2) is 27.9 Å². The van der Waals surface area contributed by atoms with Crippen LogP contribution in [0.4, 0.5) is 0 Å². The Morgan fingerprint density at radius 3 is 2.32 bits per heavy atom. The quantitative estimate of drug-likeness (QED) is 0.268. The minimum atomic E-state index is -0.378. The van der Waals surface area contributed by atoms with Gasteiger partial charge in [0.1, 0.15) is 0 Å². The standard InChI is InChI=1S/C31H29BN2O3/c1-19-28(35-29(33-19)20-11-7-6-8-12-20)27-23-13-9-10-14-25(23)34-24-16-15-22(17-21(24)18-26(27)34)32-36-30(2,3)31(4,5)37-32/h6-17H,18H2,1-5H3. The number of aryl methyl sites for hydroxylation is 1. The lowest BCUT2D eigenvalue weighted by Gasteiger charge is -2.32. The molecule has 0 radical (unpaired) electrons. The molecule has 5 aromatic rings. The van der Waals surface area contributed by atoms with Crippen molar-refractivity contribution < 1.29 is 13.7 Å². The molecule has 5 nitrogen and oxygen atoms in total. The Kier molecular flexibility index (Phi) is 4.70. The average molecular weight is 488 g/mol. The highest BCUT2D eigenvalue weighted by atomic mass is 16.7. The second-order valence-corrected chi connectivity index (χ2v) is 11.1. The first kappa shape index (κ1) is 22.6. The van der Waals surface area contributed by atoms with Gasteiger partial charge < -0.3 is 18.3 Å². The van der Waals surface area contributed by atoms with Crippen LogP contribution in [-0.2, 0) is 15.7 Å². The minimum Gasteiger partial charge on any atom is -0.436 e. The van der Waals surface area contributed by atoms with Crippen LogP contribution >= 0.6 is 0 Å². The number of nitrogens with zero attached hydrogens (tertiary/aromatic N) is 2. The first-order chi connectivity index (χ1) is 17.7. The monoisotopic (exact) mass is 488 g/mol. The van der Waals surface area contributed by atoms with Crippen LogP contribution in [0.1, 0.15) is 44.6 Å². The van der Waals surface area contributed by atoms with Crippen molar-refractivity contribution in [2.24, 2.45) is 0 Å². The molecule has 0 atom stereocenters. The number of oxazole rings is 1. The third kappa shape index (κ3) is 3.29. The molecule has 2 aliphatic rings. The van der Waals surface area contributed by atoms with Gasteiger partial charge in [-0.15, -0.1) is 0 Å². The number of rotatable bonds is 3. The summed E-state index contributed by atoms with van der Waals surface area (Å²) < 4.78 is 21.5. The lowest BCUT2D eigenvalue weighted by atomic mass is 9.78. The molecule has 0 spiro atoms. The van der Waals surface area contributed by atoms with E-state index in [2.05, 4.69) is 74.7 Å². The van der Waals surface area contributed by atoms with E-state index in [-0.39, 0.29) is 18.3 Å². The summed E-state index contributed by atoms with van der Waals surface area (Å²) in [6, 6.07) is 25.2.